The van der Waals surface area contributed by atoms with Crippen molar-refractivity contribution in [1.82, 2.24) is 5.32 Å². The van der Waals surface area contributed by atoms with Crippen LogP contribution in [0.1, 0.15) is 111 Å². The third-order valence-corrected chi connectivity index (χ3v) is 7.67. The predicted octanol–water partition coefficient (Wildman–Crippen LogP) is 8.80. The van der Waals surface area contributed by atoms with Crippen LogP contribution in [0.3, 0.4) is 0 Å². The van der Waals surface area contributed by atoms with Crippen molar-refractivity contribution in [2.24, 2.45) is 11.7 Å². The summed E-state index contributed by atoms with van der Waals surface area (Å²) < 4.78 is 6.23. The molecule has 1 aliphatic carbocycles. The molecule has 0 aromatic rings. The molecule has 0 saturated carbocycles. The number of nitrogens with one attached hydrogen (secondary N) is 1. The second-order valence-electron chi connectivity index (χ2n) is 11.3. The fourth-order valence-corrected chi connectivity index (χ4v) is 4.75. The summed E-state index contributed by atoms with van der Waals surface area (Å²) >= 11 is 0. The normalized spacial score (nSPS) is 19.8. The minimum atomic E-state index is -0.134. The first-order valence-electron chi connectivity index (χ1n) is 16.7. The highest BCUT2D eigenvalue weighted by atomic mass is 16.5. The Bertz CT molecular complexity index is 966. The van der Waals surface area contributed by atoms with Crippen molar-refractivity contribution in [3.63, 3.8) is 0 Å². The van der Waals surface area contributed by atoms with E-state index in [2.05, 4.69) is 106 Å². The van der Waals surface area contributed by atoms with Crippen LogP contribution in [-0.4, -0.2) is 36.5 Å². The Morgan fingerprint density at radius 3 is 1.86 bits per heavy atom. The number of hydrogen-bond donors (Lipinski definition) is 2. The van der Waals surface area contributed by atoms with Gasteiger partial charge in [-0.25, -0.2) is 0 Å². The summed E-state index contributed by atoms with van der Waals surface area (Å²) in [5, 5.41) is 2.97. The van der Waals surface area contributed by atoms with Gasteiger partial charge in [0.15, 0.2) is 0 Å². The third kappa shape index (κ3) is 19.2. The van der Waals surface area contributed by atoms with Gasteiger partial charge in [-0.3, -0.25) is 9.59 Å². The lowest BCUT2D eigenvalue weighted by Crippen LogP contribution is -2.44. The highest BCUT2D eigenvalue weighted by Gasteiger charge is 2.31. The van der Waals surface area contributed by atoms with Crippen LogP contribution in [0.5, 0.6) is 0 Å². The van der Waals surface area contributed by atoms with Gasteiger partial charge in [-0.15, -0.1) is 0 Å². The molecule has 3 atom stereocenters. The lowest BCUT2D eigenvalue weighted by Gasteiger charge is -2.34. The Balaban J connectivity index is 2.14. The first kappa shape index (κ1) is 38.3. The maximum atomic E-state index is 12.7. The molecule has 0 aliphatic heterocycles. The van der Waals surface area contributed by atoms with Gasteiger partial charge in [0.25, 0.3) is 0 Å². The van der Waals surface area contributed by atoms with Gasteiger partial charge in [0.05, 0.1) is 12.2 Å². The van der Waals surface area contributed by atoms with Crippen LogP contribution in [0.2, 0.25) is 0 Å². The first-order valence-corrected chi connectivity index (χ1v) is 16.7. The van der Waals surface area contributed by atoms with Gasteiger partial charge in [-0.1, -0.05) is 101 Å². The quantitative estimate of drug-likeness (QED) is 0.0918. The van der Waals surface area contributed by atoms with Crippen LogP contribution < -0.4 is 11.1 Å². The molecule has 0 fully saturated rings. The number of rotatable bonds is 23. The SMILES string of the molecule is CC/C=C\C/C=C\C/C=C\C/C=C\C/C=C\C/C=C\CCC(=O)CCCNC(=O)C1=C[C@@H](OC(CC)CC)[C@H](C)[C@@H](N)C1. The third-order valence-electron chi connectivity index (χ3n) is 7.67. The van der Waals surface area contributed by atoms with E-state index in [1.165, 1.54) is 0 Å². The van der Waals surface area contributed by atoms with Crippen molar-refractivity contribution in [1.29, 1.82) is 0 Å². The lowest BCUT2D eigenvalue weighted by atomic mass is 9.84. The molecular weight excluding hydrogens is 532 g/mol. The maximum absolute atomic E-state index is 12.7. The Hall–Kier alpha value is -2.76. The van der Waals surface area contributed by atoms with Crippen molar-refractivity contribution in [2.75, 3.05) is 6.54 Å². The van der Waals surface area contributed by atoms with Gasteiger partial charge >= 0.3 is 0 Å². The molecule has 0 unspecified atom stereocenters. The van der Waals surface area contributed by atoms with Crippen LogP contribution in [0.15, 0.2) is 84.6 Å². The van der Waals surface area contributed by atoms with E-state index in [4.69, 9.17) is 10.5 Å². The monoisotopic (exact) mass is 592 g/mol. The van der Waals surface area contributed by atoms with Crippen LogP contribution in [0, 0.1) is 5.92 Å². The van der Waals surface area contributed by atoms with Gasteiger partial charge < -0.3 is 15.8 Å². The number of carbonyl (C=O) groups excluding carboxylic acids is 2. The van der Waals surface area contributed by atoms with Crippen LogP contribution in [0.25, 0.3) is 0 Å². The average molecular weight is 593 g/mol. The van der Waals surface area contributed by atoms with E-state index in [0.717, 1.165) is 57.8 Å². The second-order valence-corrected chi connectivity index (χ2v) is 11.3. The minimum Gasteiger partial charge on any atom is -0.371 e. The first-order chi connectivity index (χ1) is 20.9. The van der Waals surface area contributed by atoms with E-state index in [9.17, 15) is 9.59 Å². The summed E-state index contributed by atoms with van der Waals surface area (Å²) in [5.74, 6) is 0.321. The molecule has 1 aliphatic rings. The van der Waals surface area contributed by atoms with E-state index in [1.54, 1.807) is 0 Å². The number of nitrogens with two attached hydrogens (primary N) is 1. The highest BCUT2D eigenvalue weighted by Crippen LogP contribution is 2.27. The molecular formula is C38H60N2O3. The smallest absolute Gasteiger partial charge is 0.247 e. The maximum Gasteiger partial charge on any atom is 0.247 e. The zero-order valence-corrected chi connectivity index (χ0v) is 27.5. The van der Waals surface area contributed by atoms with E-state index >= 15 is 0 Å². The molecule has 240 valence electrons. The molecule has 1 rings (SSSR count). The van der Waals surface area contributed by atoms with Gasteiger partial charge in [-0.2, -0.15) is 0 Å². The predicted molar refractivity (Wildman–Crippen MR) is 184 cm³/mol. The molecule has 5 nitrogen and oxygen atoms in total. The van der Waals surface area contributed by atoms with Crippen molar-refractivity contribution in [2.45, 2.75) is 129 Å². The summed E-state index contributed by atoms with van der Waals surface area (Å²) in [5.41, 5.74) is 7.03. The van der Waals surface area contributed by atoms with Gasteiger partial charge in [0.2, 0.25) is 5.91 Å². The zero-order valence-electron chi connectivity index (χ0n) is 27.5. The minimum absolute atomic E-state index is 0.0917. The molecule has 0 bridgehead atoms. The zero-order chi connectivity index (χ0) is 31.5. The molecule has 5 heteroatoms. The molecule has 0 aromatic heterocycles. The van der Waals surface area contributed by atoms with Crippen LogP contribution >= 0.6 is 0 Å². The fourth-order valence-electron chi connectivity index (χ4n) is 4.75. The molecule has 0 saturated heterocycles. The lowest BCUT2D eigenvalue weighted by molar-refractivity contribution is -0.120. The Morgan fingerprint density at radius 2 is 1.35 bits per heavy atom. The average Bonchev–Trinajstić information content (AvgIpc) is 3.00. The molecule has 0 radical (unpaired) electrons. The molecule has 1 amide bonds. The standard InChI is InChI=1S/C38H60N2O3/c1-5-8-9-10-11-12-13-14-15-16-17-18-19-20-21-22-23-24-25-27-34(41)28-26-29-40-38(42)33-30-36(39)32(4)37(31-33)43-35(6-2)7-3/h8-9,11-12,14-15,17-18,20-21,23-24,31-32,35-37H,5-7,10,13,16,19,22,25-30,39H2,1-4H3,(H,40,42)/b9-8-,12-11-,15-14-,18-17-,21-20-,24-23-/t32-,36+,37-/m1/s1. The van der Waals surface area contributed by atoms with Gasteiger partial charge in [0.1, 0.15) is 5.78 Å². The summed E-state index contributed by atoms with van der Waals surface area (Å²) in [6.45, 7) is 8.96. The van der Waals surface area contributed by atoms with E-state index in [-0.39, 0.29) is 35.9 Å². The summed E-state index contributed by atoms with van der Waals surface area (Å²) in [6.07, 6.45) is 39.0. The Kier molecular flexibility index (Phi) is 22.9. The highest BCUT2D eigenvalue weighted by molar-refractivity contribution is 5.93. The number of ketones is 1. The molecule has 0 spiro atoms. The number of amides is 1. The number of carbonyl (C=O) groups is 2. The summed E-state index contributed by atoms with van der Waals surface area (Å²) in [6, 6.07) is -0.0966. The molecule has 0 heterocycles. The molecule has 0 aromatic carbocycles. The molecule has 3 N–H and O–H groups in total. The van der Waals surface area contributed by atoms with Crippen molar-refractivity contribution >= 4 is 11.7 Å². The van der Waals surface area contributed by atoms with Crippen molar-refractivity contribution in [3.8, 4) is 0 Å². The Labute approximate surface area is 263 Å². The van der Waals surface area contributed by atoms with Crippen LogP contribution in [-0.2, 0) is 14.3 Å². The van der Waals surface area contributed by atoms with E-state index < -0.39 is 0 Å². The molecule has 43 heavy (non-hydrogen) atoms. The number of hydrogen-bond acceptors (Lipinski definition) is 4. The fraction of sp³-hybridized carbons (Fsp3) is 0.579. The van der Waals surface area contributed by atoms with Gasteiger partial charge in [-0.05, 0) is 76.7 Å². The van der Waals surface area contributed by atoms with E-state index in [0.29, 0.717) is 37.8 Å². The largest absolute Gasteiger partial charge is 0.371 e. The number of Topliss-reactive ketones (excluding diaryl/α,β-unsaturated/α-hetero) is 1. The second kappa shape index (κ2) is 25.7. The number of ether oxygens (including phenoxy) is 1. The van der Waals surface area contributed by atoms with Gasteiger partial charge in [0, 0.05) is 36.9 Å². The number of allylic oxidation sites excluding steroid dienone is 12. The van der Waals surface area contributed by atoms with E-state index in [1.807, 2.05) is 6.08 Å². The van der Waals surface area contributed by atoms with Crippen LogP contribution in [0.4, 0.5) is 0 Å². The Morgan fingerprint density at radius 1 is 0.837 bits per heavy atom. The van der Waals surface area contributed by atoms with Crippen molar-refractivity contribution < 1.29 is 14.3 Å². The van der Waals surface area contributed by atoms with Crippen molar-refractivity contribution in [3.05, 3.63) is 84.6 Å². The summed E-state index contributed by atoms with van der Waals surface area (Å²) in [4.78, 5) is 25.0. The summed E-state index contributed by atoms with van der Waals surface area (Å²) in [7, 11) is 0. The topological polar surface area (TPSA) is 81.4 Å².